The first kappa shape index (κ1) is 32.5. The van der Waals surface area contributed by atoms with Gasteiger partial charge < -0.3 is 0 Å². The molecule has 0 saturated heterocycles. The lowest BCUT2D eigenvalue weighted by atomic mass is 9.97. The molecule has 5 aromatic carbocycles. The Labute approximate surface area is 313 Å². The van der Waals surface area contributed by atoms with Crippen molar-refractivity contribution in [2.75, 3.05) is 0 Å². The molecular formula is C48H32N6. The summed E-state index contributed by atoms with van der Waals surface area (Å²) in [6.07, 6.45) is 3.58. The third kappa shape index (κ3) is 6.92. The van der Waals surface area contributed by atoms with Crippen molar-refractivity contribution in [2.45, 2.75) is 0 Å². The van der Waals surface area contributed by atoms with Crippen LogP contribution in [0, 0.1) is 0 Å². The van der Waals surface area contributed by atoms with E-state index < -0.39 is 0 Å². The fourth-order valence-electron chi connectivity index (χ4n) is 6.46. The van der Waals surface area contributed by atoms with E-state index in [4.69, 9.17) is 19.9 Å². The number of hydrogen-bond acceptors (Lipinski definition) is 6. The first-order valence-corrected chi connectivity index (χ1v) is 17.8. The van der Waals surface area contributed by atoms with Crippen molar-refractivity contribution in [3.63, 3.8) is 0 Å². The van der Waals surface area contributed by atoms with Crippen molar-refractivity contribution in [2.24, 2.45) is 0 Å². The lowest BCUT2D eigenvalue weighted by Gasteiger charge is -2.11. The summed E-state index contributed by atoms with van der Waals surface area (Å²) in [4.78, 5) is 28.8. The molecule has 9 aromatic rings. The summed E-state index contributed by atoms with van der Waals surface area (Å²) in [7, 11) is 0. The van der Waals surface area contributed by atoms with Crippen molar-refractivity contribution in [3.8, 4) is 90.3 Å². The Morgan fingerprint density at radius 3 is 1.00 bits per heavy atom. The highest BCUT2D eigenvalue weighted by Crippen LogP contribution is 2.32. The van der Waals surface area contributed by atoms with Gasteiger partial charge in [-0.2, -0.15) is 0 Å². The zero-order chi connectivity index (χ0) is 36.1. The SMILES string of the molecule is c1ccc(-c2nc(-c3ccc(-c4cccc(-c5ccc(-c6cc(-c7ccccn7)nc(-c7ccccc7)n6)cc5)c4)cc3)cc(-c3ccccn3)n2)cc1. The van der Waals surface area contributed by atoms with Crippen LogP contribution in [0.5, 0.6) is 0 Å². The molecule has 254 valence electrons. The van der Waals surface area contributed by atoms with Gasteiger partial charge in [0.2, 0.25) is 0 Å². The molecule has 6 nitrogen and oxygen atoms in total. The molecule has 4 heterocycles. The highest BCUT2D eigenvalue weighted by atomic mass is 14.9. The summed E-state index contributed by atoms with van der Waals surface area (Å²) in [5, 5.41) is 0. The first-order chi connectivity index (χ1) is 26.7. The van der Waals surface area contributed by atoms with Crippen LogP contribution in [-0.2, 0) is 0 Å². The van der Waals surface area contributed by atoms with Gasteiger partial charge in [0.25, 0.3) is 0 Å². The van der Waals surface area contributed by atoms with E-state index in [-0.39, 0.29) is 0 Å². The minimum Gasteiger partial charge on any atom is -0.255 e. The Kier molecular flexibility index (Phi) is 8.81. The van der Waals surface area contributed by atoms with E-state index in [0.29, 0.717) is 11.6 Å². The zero-order valence-corrected chi connectivity index (χ0v) is 29.2. The van der Waals surface area contributed by atoms with Crippen LogP contribution < -0.4 is 0 Å². The van der Waals surface area contributed by atoms with Crippen molar-refractivity contribution in [3.05, 3.63) is 194 Å². The maximum absolute atomic E-state index is 4.97. The molecule has 0 fully saturated rings. The molecule has 0 atom stereocenters. The molecule has 0 saturated carbocycles. The summed E-state index contributed by atoms with van der Waals surface area (Å²) >= 11 is 0. The van der Waals surface area contributed by atoms with Gasteiger partial charge in [0.1, 0.15) is 0 Å². The van der Waals surface area contributed by atoms with Gasteiger partial charge in [-0.1, -0.05) is 140 Å². The van der Waals surface area contributed by atoms with Crippen LogP contribution in [-0.4, -0.2) is 29.9 Å². The summed E-state index contributed by atoms with van der Waals surface area (Å²) < 4.78 is 0. The van der Waals surface area contributed by atoms with Crippen LogP contribution in [0.15, 0.2) is 194 Å². The molecular weight excluding hydrogens is 661 g/mol. The van der Waals surface area contributed by atoms with Crippen LogP contribution in [0.4, 0.5) is 0 Å². The van der Waals surface area contributed by atoms with E-state index in [2.05, 4.69) is 82.8 Å². The first-order valence-electron chi connectivity index (χ1n) is 17.8. The average Bonchev–Trinajstić information content (AvgIpc) is 3.27. The Balaban J connectivity index is 1.00. The van der Waals surface area contributed by atoms with Crippen molar-refractivity contribution >= 4 is 0 Å². The van der Waals surface area contributed by atoms with Crippen molar-refractivity contribution in [1.82, 2.24) is 29.9 Å². The Hall–Kier alpha value is -7.44. The quantitative estimate of drug-likeness (QED) is 0.158. The number of nitrogens with zero attached hydrogens (tertiary/aromatic N) is 6. The van der Waals surface area contributed by atoms with Gasteiger partial charge in [0.05, 0.1) is 34.2 Å². The molecule has 0 radical (unpaired) electrons. The predicted octanol–water partition coefficient (Wildman–Crippen LogP) is 11.4. The molecule has 0 spiro atoms. The number of benzene rings is 5. The van der Waals surface area contributed by atoms with E-state index in [9.17, 15) is 0 Å². The third-order valence-electron chi connectivity index (χ3n) is 9.26. The van der Waals surface area contributed by atoms with Gasteiger partial charge in [-0.05, 0) is 64.7 Å². The summed E-state index contributed by atoms with van der Waals surface area (Å²) in [6.45, 7) is 0. The second-order valence-corrected chi connectivity index (χ2v) is 12.8. The van der Waals surface area contributed by atoms with E-state index in [1.54, 1.807) is 12.4 Å². The Bertz CT molecular complexity index is 2370. The molecule has 6 heteroatoms. The van der Waals surface area contributed by atoms with Gasteiger partial charge >= 0.3 is 0 Å². The van der Waals surface area contributed by atoms with Gasteiger partial charge in [-0.3, -0.25) is 9.97 Å². The summed E-state index contributed by atoms with van der Waals surface area (Å²) in [5.74, 6) is 1.34. The lowest BCUT2D eigenvalue weighted by molar-refractivity contribution is 1.16. The lowest BCUT2D eigenvalue weighted by Crippen LogP contribution is -1.96. The van der Waals surface area contributed by atoms with Crippen LogP contribution in [0.2, 0.25) is 0 Å². The predicted molar refractivity (Wildman–Crippen MR) is 217 cm³/mol. The number of aromatic nitrogens is 6. The Morgan fingerprint density at radius 1 is 0.222 bits per heavy atom. The molecule has 0 N–H and O–H groups in total. The smallest absolute Gasteiger partial charge is 0.160 e. The molecule has 0 amide bonds. The summed E-state index contributed by atoms with van der Waals surface area (Å²) in [6, 6.07) is 61.6. The molecule has 0 aliphatic carbocycles. The number of rotatable bonds is 8. The van der Waals surface area contributed by atoms with Gasteiger partial charge in [0.15, 0.2) is 11.6 Å². The monoisotopic (exact) mass is 692 g/mol. The van der Waals surface area contributed by atoms with Crippen molar-refractivity contribution < 1.29 is 0 Å². The zero-order valence-electron chi connectivity index (χ0n) is 29.2. The van der Waals surface area contributed by atoms with Gasteiger partial charge in [-0.25, -0.2) is 19.9 Å². The fraction of sp³-hybridized carbons (Fsp3) is 0. The fourth-order valence-corrected chi connectivity index (χ4v) is 6.46. The van der Waals surface area contributed by atoms with Crippen LogP contribution in [0.1, 0.15) is 0 Å². The molecule has 54 heavy (non-hydrogen) atoms. The van der Waals surface area contributed by atoms with E-state index in [1.807, 2.05) is 109 Å². The number of pyridine rings is 2. The standard InChI is InChI=1S/C48H32N6/c1-3-12-37(13-4-1)47-51-43(31-45(53-47)41-18-7-9-28-49-41)35-24-20-33(21-25-35)39-16-11-17-40(30-39)34-22-26-36(27-23-34)44-32-46(42-19-8-10-29-50-42)54-48(52-44)38-14-5-2-6-15-38/h1-32H. The summed E-state index contributed by atoms with van der Waals surface area (Å²) in [5.41, 5.74) is 13.3. The topological polar surface area (TPSA) is 77.3 Å². The molecule has 0 aliphatic heterocycles. The highest BCUT2D eigenvalue weighted by Gasteiger charge is 2.14. The molecule has 0 bridgehead atoms. The molecule has 0 aliphatic rings. The minimum absolute atomic E-state index is 0.668. The molecule has 0 unspecified atom stereocenters. The molecule has 4 aromatic heterocycles. The average molecular weight is 693 g/mol. The largest absolute Gasteiger partial charge is 0.255 e. The number of hydrogen-bond donors (Lipinski definition) is 0. The Morgan fingerprint density at radius 2 is 0.593 bits per heavy atom. The van der Waals surface area contributed by atoms with Crippen LogP contribution >= 0.6 is 0 Å². The normalized spacial score (nSPS) is 11.0. The minimum atomic E-state index is 0.668. The van der Waals surface area contributed by atoms with E-state index in [1.165, 1.54) is 0 Å². The maximum Gasteiger partial charge on any atom is 0.160 e. The van der Waals surface area contributed by atoms with Crippen LogP contribution in [0.3, 0.4) is 0 Å². The third-order valence-corrected chi connectivity index (χ3v) is 9.26. The molecule has 9 rings (SSSR count). The second-order valence-electron chi connectivity index (χ2n) is 12.8. The maximum atomic E-state index is 4.97. The van der Waals surface area contributed by atoms with Crippen LogP contribution in [0.25, 0.3) is 90.3 Å². The van der Waals surface area contributed by atoms with E-state index in [0.717, 1.165) is 78.7 Å². The van der Waals surface area contributed by atoms with Gasteiger partial charge in [-0.15, -0.1) is 0 Å². The highest BCUT2D eigenvalue weighted by molar-refractivity contribution is 5.78. The van der Waals surface area contributed by atoms with E-state index >= 15 is 0 Å². The second kappa shape index (κ2) is 14.7. The van der Waals surface area contributed by atoms with Crippen molar-refractivity contribution in [1.29, 1.82) is 0 Å². The van der Waals surface area contributed by atoms with Gasteiger partial charge in [0, 0.05) is 34.6 Å².